The summed E-state index contributed by atoms with van der Waals surface area (Å²) in [6.45, 7) is 11.4. The molecule has 0 aliphatic rings. The van der Waals surface area contributed by atoms with E-state index >= 15 is 0 Å². The van der Waals surface area contributed by atoms with Crippen molar-refractivity contribution < 1.29 is 18.2 Å². The molecule has 0 aromatic rings. The van der Waals surface area contributed by atoms with E-state index < -0.39 is 19.9 Å². The molecule has 1 atom stereocenters. The molecule has 0 bridgehead atoms. The molecule has 0 saturated heterocycles. The van der Waals surface area contributed by atoms with Crippen LogP contribution < -0.4 is 0 Å². The van der Waals surface area contributed by atoms with Crippen molar-refractivity contribution in [2.75, 3.05) is 20.0 Å². The molecule has 0 heterocycles. The molecule has 0 spiro atoms. The highest BCUT2D eigenvalue weighted by molar-refractivity contribution is 7.71. The van der Waals surface area contributed by atoms with Gasteiger partial charge < -0.3 is 4.79 Å². The number of hydrogen-bond acceptors (Lipinski definition) is 4. The first-order chi connectivity index (χ1) is 6.37. The van der Waals surface area contributed by atoms with E-state index in [1.54, 1.807) is 0 Å². The summed E-state index contributed by atoms with van der Waals surface area (Å²) in [6.07, 6.45) is 0.750. The fraction of sp³-hybridized carbons (Fsp3) is 0.909. The molecule has 0 radical (unpaired) electrons. The Morgan fingerprint density at radius 3 is 1.29 bits per heavy atom. The maximum absolute atomic E-state index is 11.9. The topological polar surface area (TPSA) is 60.4 Å². The second-order valence-electron chi connectivity index (χ2n) is 4.59. The number of carbonyl (C=O) groups excluding carboxylic acids is 1. The summed E-state index contributed by atoms with van der Waals surface area (Å²) in [5, 5.41) is -0.436. The van der Waals surface area contributed by atoms with Crippen molar-refractivity contribution in [3.8, 4) is 0 Å². The highest BCUT2D eigenvalue weighted by Gasteiger charge is 2.36. The van der Waals surface area contributed by atoms with Crippen LogP contribution in [0.5, 0.6) is 0 Å². The van der Waals surface area contributed by atoms with Crippen molar-refractivity contribution in [2.24, 2.45) is 0 Å². The van der Waals surface area contributed by atoms with Crippen molar-refractivity contribution >= 4 is 21.0 Å². The van der Waals surface area contributed by atoms with E-state index in [0.29, 0.717) is 0 Å². The molecular formula is C11H30O4P2. The second kappa shape index (κ2) is 9.08. The molecular weight excluding hydrogens is 258 g/mol. The fourth-order valence-electron chi connectivity index (χ4n) is 0.498. The molecule has 0 saturated carbocycles. The van der Waals surface area contributed by atoms with Gasteiger partial charge in [-0.1, -0.05) is 35.6 Å². The van der Waals surface area contributed by atoms with Crippen LogP contribution in [0.1, 0.15) is 42.5 Å². The maximum atomic E-state index is 11.9. The summed E-state index contributed by atoms with van der Waals surface area (Å²) < 4.78 is 28.2. The minimum Gasteiger partial charge on any atom is -0.304 e. The van der Waals surface area contributed by atoms with Gasteiger partial charge in [-0.05, 0) is 6.92 Å². The first kappa shape index (κ1) is 25.8. The van der Waals surface area contributed by atoms with E-state index in [0.717, 1.165) is 6.29 Å². The van der Waals surface area contributed by atoms with Crippen LogP contribution in [0.2, 0.25) is 0 Å². The Morgan fingerprint density at radius 2 is 1.24 bits per heavy atom. The van der Waals surface area contributed by atoms with E-state index in [2.05, 4.69) is 0 Å². The highest BCUT2D eigenvalue weighted by atomic mass is 31.2. The largest absolute Gasteiger partial charge is 0.304 e. The molecule has 0 fully saturated rings. The summed E-state index contributed by atoms with van der Waals surface area (Å²) in [4.78, 5) is 8.81. The van der Waals surface area contributed by atoms with Crippen LogP contribution in [0.3, 0.4) is 0 Å². The van der Waals surface area contributed by atoms with Crippen LogP contribution in [-0.4, -0.2) is 31.4 Å². The maximum Gasteiger partial charge on any atom is 0.210 e. The van der Waals surface area contributed by atoms with Gasteiger partial charge in [0.2, 0.25) is 14.7 Å². The Morgan fingerprint density at radius 1 is 1.00 bits per heavy atom. The number of hydrogen-bond donors (Lipinski definition) is 0. The lowest BCUT2D eigenvalue weighted by atomic mass is 10.3. The monoisotopic (exact) mass is 288 g/mol. The molecule has 6 heteroatoms. The third-order valence-electron chi connectivity index (χ3n) is 1.57. The van der Waals surface area contributed by atoms with Gasteiger partial charge in [-0.25, -0.2) is 0 Å². The summed E-state index contributed by atoms with van der Waals surface area (Å²) in [6, 6.07) is 0. The summed E-state index contributed by atoms with van der Waals surface area (Å²) >= 11 is 0. The first-order valence-corrected chi connectivity index (χ1v) is 9.20. The van der Waals surface area contributed by atoms with Crippen LogP contribution in [0.4, 0.5) is 0 Å². The second-order valence-corrected chi connectivity index (χ2v) is 10.8. The average molecular weight is 288 g/mol. The van der Waals surface area contributed by atoms with Crippen molar-refractivity contribution in [1.82, 2.24) is 0 Å². The van der Waals surface area contributed by atoms with Gasteiger partial charge >= 0.3 is 0 Å². The van der Waals surface area contributed by atoms with E-state index in [4.69, 9.17) is 9.11 Å². The Balaban J connectivity index is -0.000000152. The van der Waals surface area contributed by atoms with Gasteiger partial charge in [0, 0.05) is 25.2 Å². The lowest BCUT2D eigenvalue weighted by Crippen LogP contribution is -2.15. The van der Waals surface area contributed by atoms with E-state index in [1.165, 1.54) is 26.9 Å². The van der Waals surface area contributed by atoms with Crippen LogP contribution in [0.15, 0.2) is 0 Å². The first-order valence-electron chi connectivity index (χ1n) is 4.61. The lowest BCUT2D eigenvalue weighted by molar-refractivity contribution is -0.106. The van der Waals surface area contributed by atoms with Crippen molar-refractivity contribution in [1.29, 1.82) is 0 Å². The predicted molar refractivity (Wildman–Crippen MR) is 79.0 cm³/mol. The third kappa shape index (κ3) is 14.0. The molecule has 4 nitrogen and oxygen atoms in total. The Hall–Kier alpha value is 0.0900. The minimum absolute atomic E-state index is 0. The van der Waals surface area contributed by atoms with Gasteiger partial charge in [-0.2, -0.15) is 0 Å². The van der Waals surface area contributed by atoms with E-state index in [9.17, 15) is 9.13 Å². The van der Waals surface area contributed by atoms with Crippen molar-refractivity contribution in [3.63, 3.8) is 0 Å². The number of carbonyl (C=O) groups is 1. The molecule has 0 aromatic carbocycles. The number of rotatable bonds is 2. The summed E-state index contributed by atoms with van der Waals surface area (Å²) in [5.74, 6) is 0. The normalized spacial score (nSPS) is 14.1. The van der Waals surface area contributed by atoms with E-state index in [1.807, 2.05) is 20.8 Å². The fourth-order valence-corrected chi connectivity index (χ4v) is 4.48. The molecule has 0 rings (SSSR count). The van der Waals surface area contributed by atoms with Crippen LogP contribution in [0.25, 0.3) is 0 Å². The van der Waals surface area contributed by atoms with Gasteiger partial charge in [-0.15, -0.1) is 0 Å². The zero-order valence-electron chi connectivity index (χ0n) is 10.6. The average Bonchev–Trinajstić information content (AvgIpc) is 1.79. The quantitative estimate of drug-likeness (QED) is 0.544. The smallest absolute Gasteiger partial charge is 0.210 e. The number of aldehydes is 1. The van der Waals surface area contributed by atoms with Crippen LogP contribution in [0, 0.1) is 0 Å². The van der Waals surface area contributed by atoms with Crippen LogP contribution in [-0.2, 0) is 18.2 Å². The third-order valence-corrected chi connectivity index (χ3v) is 6.83. The zero-order valence-corrected chi connectivity index (χ0v) is 12.4. The molecule has 17 heavy (non-hydrogen) atoms. The van der Waals surface area contributed by atoms with E-state index in [-0.39, 0.29) is 14.9 Å². The Bertz CT molecular complexity index is 286. The summed E-state index contributed by atoms with van der Waals surface area (Å²) in [7, 11) is -5.41. The van der Waals surface area contributed by atoms with Crippen molar-refractivity contribution in [3.05, 3.63) is 0 Å². The Kier molecular flexibility index (Phi) is 13.8. The Labute approximate surface area is 107 Å². The minimum atomic E-state index is -2.76. The zero-order chi connectivity index (χ0) is 12.9. The standard InChI is InChI=1S/C7H18O3P2.C2H4O.2CH4/c1-7(2,3)12(6,9)10-11(4,5)8;1-2-3;;/h1-6H3;2H,1H3;2*1H4. The molecule has 0 aliphatic carbocycles. The summed E-state index contributed by atoms with van der Waals surface area (Å²) in [5.41, 5.74) is 0. The molecule has 0 aliphatic heterocycles. The molecule has 0 N–H and O–H groups in total. The predicted octanol–water partition coefficient (Wildman–Crippen LogP) is 4.72. The lowest BCUT2D eigenvalue weighted by Gasteiger charge is -2.28. The van der Waals surface area contributed by atoms with Crippen molar-refractivity contribution in [2.45, 2.75) is 47.7 Å². The van der Waals surface area contributed by atoms with Gasteiger partial charge in [0.25, 0.3) is 0 Å². The SMILES string of the molecule is C.C.CC(C)(C)P(C)(=O)OP(C)(C)=O.CC=O. The molecule has 0 aromatic heterocycles. The van der Waals surface area contributed by atoms with Gasteiger partial charge in [0.15, 0.2) is 0 Å². The van der Waals surface area contributed by atoms with Gasteiger partial charge in [-0.3, -0.25) is 13.4 Å². The van der Waals surface area contributed by atoms with Gasteiger partial charge in [0.05, 0.1) is 0 Å². The molecule has 108 valence electrons. The van der Waals surface area contributed by atoms with Gasteiger partial charge in [0.1, 0.15) is 6.29 Å². The molecule has 0 amide bonds. The highest BCUT2D eigenvalue weighted by Crippen LogP contribution is 2.64. The molecule has 1 unspecified atom stereocenters. The van der Waals surface area contributed by atoms with Crippen LogP contribution >= 0.6 is 14.7 Å².